The molecule has 2 unspecified atom stereocenters. The molecule has 1 amide bonds. The lowest BCUT2D eigenvalue weighted by molar-refractivity contribution is -0.148. The van der Waals surface area contributed by atoms with Crippen molar-refractivity contribution in [3.05, 3.63) is 95.7 Å². The van der Waals surface area contributed by atoms with E-state index in [9.17, 15) is 19.8 Å². The monoisotopic (exact) mass is 567 g/mol. The quantitative estimate of drug-likeness (QED) is 0.174. The lowest BCUT2D eigenvalue weighted by Gasteiger charge is -2.21. The first-order chi connectivity index (χ1) is 20.4. The molecular formula is C29H29N9O4. The van der Waals surface area contributed by atoms with Crippen molar-refractivity contribution in [1.82, 2.24) is 45.7 Å². The van der Waals surface area contributed by atoms with Crippen LogP contribution in [-0.2, 0) is 24.2 Å². The Bertz CT molecular complexity index is 1640. The summed E-state index contributed by atoms with van der Waals surface area (Å²) in [5, 5.41) is 40.9. The number of nitrogens with one attached hydrogen (secondary N) is 2. The molecule has 0 aliphatic rings. The van der Waals surface area contributed by atoms with Crippen LogP contribution < -0.4 is 5.32 Å². The highest BCUT2D eigenvalue weighted by Gasteiger charge is 2.29. The SMILES string of the molecule is CCCc1cc(C(=O)NC(Cc2ccccc2)C(O)C(=O)O)nn1Cc1cnc(-c2ccccc2-c2nnn[nH]2)cn1. The molecule has 0 radical (unpaired) electrons. The molecule has 3 heterocycles. The number of carbonyl (C=O) groups is 2. The lowest BCUT2D eigenvalue weighted by atomic mass is 10.0. The number of benzene rings is 2. The molecule has 214 valence electrons. The zero-order valence-corrected chi connectivity index (χ0v) is 22.8. The molecule has 5 rings (SSSR count). The van der Waals surface area contributed by atoms with E-state index in [1.165, 1.54) is 0 Å². The second-order valence-electron chi connectivity index (χ2n) is 9.67. The molecule has 2 aromatic carbocycles. The summed E-state index contributed by atoms with van der Waals surface area (Å²) in [6.07, 6.45) is 3.15. The smallest absolute Gasteiger partial charge is 0.334 e. The van der Waals surface area contributed by atoms with Gasteiger partial charge in [0.25, 0.3) is 5.91 Å². The van der Waals surface area contributed by atoms with Crippen molar-refractivity contribution >= 4 is 11.9 Å². The summed E-state index contributed by atoms with van der Waals surface area (Å²) in [5.74, 6) is -1.48. The average molecular weight is 568 g/mol. The molecule has 5 aromatic rings. The van der Waals surface area contributed by atoms with Crippen LogP contribution in [0.25, 0.3) is 22.6 Å². The fraction of sp³-hybridized carbons (Fsp3) is 0.241. The van der Waals surface area contributed by atoms with Crippen LogP contribution in [0.1, 0.15) is 40.8 Å². The molecule has 13 nitrogen and oxygen atoms in total. The Morgan fingerprint density at radius 2 is 1.79 bits per heavy atom. The van der Waals surface area contributed by atoms with Crippen LogP contribution in [0.3, 0.4) is 0 Å². The van der Waals surface area contributed by atoms with E-state index >= 15 is 0 Å². The molecular weight excluding hydrogens is 538 g/mol. The van der Waals surface area contributed by atoms with Gasteiger partial charge in [-0.1, -0.05) is 67.9 Å². The van der Waals surface area contributed by atoms with Crippen LogP contribution in [0.4, 0.5) is 0 Å². The number of amides is 1. The lowest BCUT2D eigenvalue weighted by Crippen LogP contribution is -2.48. The van der Waals surface area contributed by atoms with Gasteiger partial charge in [-0.15, -0.1) is 5.10 Å². The molecule has 3 aromatic heterocycles. The first kappa shape index (κ1) is 28.2. The minimum absolute atomic E-state index is 0.119. The van der Waals surface area contributed by atoms with Gasteiger partial charge in [-0.3, -0.25) is 19.4 Å². The second-order valence-corrected chi connectivity index (χ2v) is 9.67. The average Bonchev–Trinajstić information content (AvgIpc) is 3.68. The van der Waals surface area contributed by atoms with E-state index < -0.39 is 24.0 Å². The number of aliphatic hydroxyl groups is 1. The van der Waals surface area contributed by atoms with Crippen molar-refractivity contribution in [3.8, 4) is 22.6 Å². The summed E-state index contributed by atoms with van der Waals surface area (Å²) in [5.41, 5.74) is 4.59. The van der Waals surface area contributed by atoms with Crippen LogP contribution in [0.5, 0.6) is 0 Å². The Morgan fingerprint density at radius 3 is 2.45 bits per heavy atom. The van der Waals surface area contributed by atoms with Crippen molar-refractivity contribution < 1.29 is 19.8 Å². The zero-order valence-electron chi connectivity index (χ0n) is 22.8. The Hall–Kier alpha value is -5.30. The van der Waals surface area contributed by atoms with E-state index in [4.69, 9.17) is 0 Å². The largest absolute Gasteiger partial charge is 0.479 e. The molecule has 2 atom stereocenters. The van der Waals surface area contributed by atoms with Gasteiger partial charge in [0.2, 0.25) is 0 Å². The van der Waals surface area contributed by atoms with Gasteiger partial charge in [0.1, 0.15) is 5.69 Å². The van der Waals surface area contributed by atoms with Crippen molar-refractivity contribution in [2.24, 2.45) is 0 Å². The summed E-state index contributed by atoms with van der Waals surface area (Å²) in [6.45, 7) is 2.29. The highest BCUT2D eigenvalue weighted by Crippen LogP contribution is 2.27. The number of hydrogen-bond acceptors (Lipinski definition) is 9. The molecule has 0 saturated carbocycles. The topological polar surface area (TPSA) is 185 Å². The maximum Gasteiger partial charge on any atom is 0.334 e. The summed E-state index contributed by atoms with van der Waals surface area (Å²) >= 11 is 0. The summed E-state index contributed by atoms with van der Waals surface area (Å²) in [4.78, 5) is 33.9. The zero-order chi connectivity index (χ0) is 29.5. The van der Waals surface area contributed by atoms with Crippen molar-refractivity contribution in [2.75, 3.05) is 0 Å². The van der Waals surface area contributed by atoms with E-state index in [0.29, 0.717) is 23.6 Å². The molecule has 0 fully saturated rings. The standard InChI is InChI=1S/C29H29N9O4/c1-2-8-20-14-24(28(40)32-23(26(39)29(41)42)13-18-9-4-3-5-10-18)35-38(20)17-19-15-31-25(16-30-19)21-11-6-7-12-22(21)27-33-36-37-34-27/h3-7,9-12,14-16,23,26,39H,2,8,13,17H2,1H3,(H,32,40)(H,41,42)(H,33,34,36,37). The van der Waals surface area contributed by atoms with Crippen molar-refractivity contribution in [2.45, 2.75) is 44.9 Å². The van der Waals surface area contributed by atoms with E-state index in [0.717, 1.165) is 28.8 Å². The maximum atomic E-state index is 13.2. The fourth-order valence-electron chi connectivity index (χ4n) is 4.60. The predicted octanol–water partition coefficient (Wildman–Crippen LogP) is 2.31. The number of carbonyl (C=O) groups excluding carboxylic acids is 1. The number of aromatic nitrogens is 8. The van der Waals surface area contributed by atoms with Gasteiger partial charge >= 0.3 is 5.97 Å². The van der Waals surface area contributed by atoms with E-state index in [1.807, 2.05) is 49.4 Å². The van der Waals surface area contributed by atoms with Gasteiger partial charge in [0, 0.05) is 16.8 Å². The van der Waals surface area contributed by atoms with E-state index in [2.05, 4.69) is 41.0 Å². The van der Waals surface area contributed by atoms with Crippen LogP contribution in [0, 0.1) is 0 Å². The number of carboxylic acid groups (broad SMARTS) is 1. The second kappa shape index (κ2) is 12.9. The fourth-order valence-corrected chi connectivity index (χ4v) is 4.60. The van der Waals surface area contributed by atoms with Crippen molar-refractivity contribution in [3.63, 3.8) is 0 Å². The van der Waals surface area contributed by atoms with Gasteiger partial charge < -0.3 is 15.5 Å². The number of aromatic amines is 1. The number of carboxylic acids is 1. The molecule has 0 aliphatic carbocycles. The summed E-state index contributed by atoms with van der Waals surface area (Å²) in [7, 11) is 0. The number of aliphatic carboxylic acids is 1. The minimum atomic E-state index is -1.79. The Balaban J connectivity index is 1.34. The highest BCUT2D eigenvalue weighted by atomic mass is 16.4. The third-order valence-electron chi connectivity index (χ3n) is 6.67. The Kier molecular flexibility index (Phi) is 8.68. The third-order valence-corrected chi connectivity index (χ3v) is 6.67. The minimum Gasteiger partial charge on any atom is -0.479 e. The predicted molar refractivity (Wildman–Crippen MR) is 151 cm³/mol. The molecule has 42 heavy (non-hydrogen) atoms. The Labute approximate surface area is 240 Å². The first-order valence-electron chi connectivity index (χ1n) is 13.4. The number of aliphatic hydroxyl groups excluding tert-OH is 1. The van der Waals surface area contributed by atoms with Gasteiger partial charge in [-0.05, 0) is 34.9 Å². The third kappa shape index (κ3) is 6.53. The molecule has 0 bridgehead atoms. The normalized spacial score (nSPS) is 12.5. The van der Waals surface area contributed by atoms with Gasteiger partial charge in [-0.2, -0.15) is 5.10 Å². The van der Waals surface area contributed by atoms with Crippen LogP contribution >= 0.6 is 0 Å². The van der Waals surface area contributed by atoms with Crippen LogP contribution in [-0.4, -0.2) is 74.6 Å². The van der Waals surface area contributed by atoms with Gasteiger partial charge in [-0.25, -0.2) is 9.89 Å². The number of rotatable bonds is 12. The van der Waals surface area contributed by atoms with Gasteiger partial charge in [0.15, 0.2) is 11.9 Å². The number of aryl methyl sites for hydroxylation is 1. The van der Waals surface area contributed by atoms with Crippen LogP contribution in [0.2, 0.25) is 0 Å². The summed E-state index contributed by atoms with van der Waals surface area (Å²) in [6, 6.07) is 17.3. The number of hydrogen-bond donors (Lipinski definition) is 4. The van der Waals surface area contributed by atoms with Gasteiger partial charge in [0.05, 0.1) is 36.4 Å². The number of H-pyrrole nitrogens is 1. The van der Waals surface area contributed by atoms with E-state index in [1.54, 1.807) is 35.3 Å². The summed E-state index contributed by atoms with van der Waals surface area (Å²) < 4.78 is 1.69. The molecule has 4 N–H and O–H groups in total. The molecule has 0 spiro atoms. The molecule has 0 saturated heterocycles. The van der Waals surface area contributed by atoms with E-state index in [-0.39, 0.29) is 18.7 Å². The molecule has 13 heteroatoms. The highest BCUT2D eigenvalue weighted by molar-refractivity contribution is 5.93. The number of nitrogens with zero attached hydrogens (tertiary/aromatic N) is 7. The first-order valence-corrected chi connectivity index (χ1v) is 13.4. The molecule has 0 aliphatic heterocycles. The van der Waals surface area contributed by atoms with Crippen molar-refractivity contribution in [1.29, 1.82) is 0 Å². The Morgan fingerprint density at radius 1 is 1.02 bits per heavy atom. The van der Waals surface area contributed by atoms with Crippen LogP contribution in [0.15, 0.2) is 73.1 Å². The number of tetrazole rings is 1. The maximum absolute atomic E-state index is 13.2.